The number of anilines is 1. The van der Waals surface area contributed by atoms with Crippen molar-refractivity contribution in [2.45, 2.75) is 20.3 Å². The fraction of sp³-hybridized carbons (Fsp3) is 0.600. The Morgan fingerprint density at radius 1 is 1.67 bits per heavy atom. The molecule has 0 atom stereocenters. The number of nitrogens with zero attached hydrogens (tertiary/aromatic N) is 2. The van der Waals surface area contributed by atoms with Gasteiger partial charge in [0.1, 0.15) is 10.3 Å². The van der Waals surface area contributed by atoms with Crippen molar-refractivity contribution < 1.29 is 0 Å². The summed E-state index contributed by atoms with van der Waals surface area (Å²) in [5, 5.41) is 0. The highest BCUT2D eigenvalue weighted by molar-refractivity contribution is 9.10. The number of hydrogen-bond donors (Lipinski definition) is 1. The molecule has 1 fully saturated rings. The van der Waals surface area contributed by atoms with Crippen molar-refractivity contribution in [3.8, 4) is 0 Å². The minimum atomic E-state index is -0.120. The van der Waals surface area contributed by atoms with Crippen molar-refractivity contribution in [3.05, 3.63) is 21.2 Å². The molecule has 1 aromatic rings. The van der Waals surface area contributed by atoms with Crippen LogP contribution in [0.15, 0.2) is 15.6 Å². The van der Waals surface area contributed by atoms with Crippen molar-refractivity contribution >= 4 is 21.7 Å². The van der Waals surface area contributed by atoms with Crippen molar-refractivity contribution in [3.63, 3.8) is 0 Å². The second-order valence-electron chi connectivity index (χ2n) is 4.39. The molecule has 0 bridgehead atoms. The summed E-state index contributed by atoms with van der Waals surface area (Å²) in [5.41, 5.74) is 0.258. The Labute approximate surface area is 96.8 Å². The number of nitrogens with one attached hydrogen (secondary N) is 1. The summed E-state index contributed by atoms with van der Waals surface area (Å²) < 4.78 is 0.531. The highest BCUT2D eigenvalue weighted by Gasteiger charge is 2.38. The second kappa shape index (κ2) is 3.63. The third kappa shape index (κ3) is 1.80. The van der Waals surface area contributed by atoms with E-state index in [4.69, 9.17) is 0 Å². The number of aromatic amines is 1. The van der Waals surface area contributed by atoms with Crippen molar-refractivity contribution in [2.75, 3.05) is 18.0 Å². The molecule has 0 aliphatic carbocycles. The van der Waals surface area contributed by atoms with Gasteiger partial charge in [-0.05, 0) is 22.4 Å². The summed E-state index contributed by atoms with van der Waals surface area (Å²) >= 11 is 3.27. The van der Waals surface area contributed by atoms with Crippen LogP contribution in [-0.2, 0) is 0 Å². The molecule has 15 heavy (non-hydrogen) atoms. The summed E-state index contributed by atoms with van der Waals surface area (Å²) in [7, 11) is 0. The van der Waals surface area contributed by atoms with Gasteiger partial charge in [-0.25, -0.2) is 4.98 Å². The molecule has 1 aliphatic heterocycles. The van der Waals surface area contributed by atoms with E-state index in [2.05, 4.69) is 44.6 Å². The van der Waals surface area contributed by atoms with Gasteiger partial charge in [-0.15, -0.1) is 0 Å². The SMILES string of the molecule is CCC1(C)CN(c2nc[nH]c(=O)c2Br)C1. The van der Waals surface area contributed by atoms with Crippen LogP contribution in [-0.4, -0.2) is 23.1 Å². The topological polar surface area (TPSA) is 49.0 Å². The Morgan fingerprint density at radius 3 is 2.93 bits per heavy atom. The summed E-state index contributed by atoms with van der Waals surface area (Å²) in [4.78, 5) is 20.2. The molecule has 4 nitrogen and oxygen atoms in total. The zero-order valence-electron chi connectivity index (χ0n) is 8.88. The molecule has 0 radical (unpaired) electrons. The highest BCUT2D eigenvalue weighted by atomic mass is 79.9. The lowest BCUT2D eigenvalue weighted by atomic mass is 9.79. The Balaban J connectivity index is 2.20. The van der Waals surface area contributed by atoms with Crippen LogP contribution in [0.4, 0.5) is 5.82 Å². The lowest BCUT2D eigenvalue weighted by Gasteiger charge is -2.48. The van der Waals surface area contributed by atoms with Gasteiger partial charge in [-0.3, -0.25) is 4.79 Å². The molecule has 1 saturated heterocycles. The van der Waals surface area contributed by atoms with E-state index in [1.54, 1.807) is 0 Å². The van der Waals surface area contributed by atoms with E-state index >= 15 is 0 Å². The lowest BCUT2D eigenvalue weighted by Crippen LogP contribution is -2.55. The summed E-state index contributed by atoms with van der Waals surface area (Å²) in [6.45, 7) is 6.39. The monoisotopic (exact) mass is 271 g/mol. The number of H-pyrrole nitrogens is 1. The summed E-state index contributed by atoms with van der Waals surface area (Å²) in [6.07, 6.45) is 2.61. The molecule has 1 aliphatic rings. The van der Waals surface area contributed by atoms with E-state index in [0.717, 1.165) is 25.3 Å². The van der Waals surface area contributed by atoms with Crippen LogP contribution in [0.3, 0.4) is 0 Å². The quantitative estimate of drug-likeness (QED) is 0.892. The van der Waals surface area contributed by atoms with Gasteiger partial charge in [0, 0.05) is 18.5 Å². The predicted octanol–water partition coefficient (Wildman–Crippen LogP) is 1.77. The number of rotatable bonds is 2. The highest BCUT2D eigenvalue weighted by Crippen LogP contribution is 2.37. The molecule has 2 rings (SSSR count). The molecular formula is C10H14BrN3O. The smallest absolute Gasteiger partial charge is 0.267 e. The molecule has 1 aromatic heterocycles. The van der Waals surface area contributed by atoms with Crippen molar-refractivity contribution in [1.82, 2.24) is 9.97 Å². The summed E-state index contributed by atoms with van der Waals surface area (Å²) in [6, 6.07) is 0. The van der Waals surface area contributed by atoms with Gasteiger partial charge in [0.25, 0.3) is 5.56 Å². The normalized spacial score (nSPS) is 18.7. The first-order chi connectivity index (χ1) is 7.06. The third-order valence-corrected chi connectivity index (χ3v) is 3.79. The maximum absolute atomic E-state index is 11.3. The largest absolute Gasteiger partial charge is 0.354 e. The fourth-order valence-electron chi connectivity index (χ4n) is 1.84. The van der Waals surface area contributed by atoms with E-state index in [-0.39, 0.29) is 5.56 Å². The molecule has 0 unspecified atom stereocenters. The van der Waals surface area contributed by atoms with Crippen LogP contribution in [0.1, 0.15) is 20.3 Å². The summed E-state index contributed by atoms with van der Waals surface area (Å²) in [5.74, 6) is 0.754. The molecule has 2 heterocycles. The first-order valence-electron chi connectivity index (χ1n) is 5.04. The average Bonchev–Trinajstić information content (AvgIpc) is 2.18. The van der Waals surface area contributed by atoms with Crippen molar-refractivity contribution in [2.24, 2.45) is 5.41 Å². The maximum Gasteiger partial charge on any atom is 0.267 e. The second-order valence-corrected chi connectivity index (χ2v) is 5.18. The predicted molar refractivity (Wildman–Crippen MR) is 63.2 cm³/mol. The molecule has 0 spiro atoms. The van der Waals surface area contributed by atoms with Crippen LogP contribution in [0.2, 0.25) is 0 Å². The van der Waals surface area contributed by atoms with Crippen LogP contribution in [0, 0.1) is 5.41 Å². The van der Waals surface area contributed by atoms with E-state index < -0.39 is 0 Å². The Hall–Kier alpha value is -0.840. The number of aromatic nitrogens is 2. The average molecular weight is 272 g/mol. The number of halogens is 1. The molecule has 0 amide bonds. The van der Waals surface area contributed by atoms with Gasteiger partial charge in [0.15, 0.2) is 0 Å². The van der Waals surface area contributed by atoms with E-state index in [1.165, 1.54) is 6.33 Å². The molecule has 1 N–H and O–H groups in total. The van der Waals surface area contributed by atoms with E-state index in [1.807, 2.05) is 0 Å². The van der Waals surface area contributed by atoms with E-state index in [9.17, 15) is 4.79 Å². The number of hydrogen-bond acceptors (Lipinski definition) is 3. The van der Waals surface area contributed by atoms with Gasteiger partial charge < -0.3 is 9.88 Å². The lowest BCUT2D eigenvalue weighted by molar-refractivity contribution is 0.232. The van der Waals surface area contributed by atoms with Crippen LogP contribution < -0.4 is 10.5 Å². The maximum atomic E-state index is 11.3. The molecule has 0 aromatic carbocycles. The van der Waals surface area contributed by atoms with E-state index in [0.29, 0.717) is 9.89 Å². The molecule has 5 heteroatoms. The standard InChI is InChI=1S/C10H14BrN3O/c1-3-10(2)4-14(5-10)8-7(11)9(15)13-6-12-8/h6H,3-5H2,1-2H3,(H,12,13,15). The van der Waals surface area contributed by atoms with Crippen LogP contribution in [0.25, 0.3) is 0 Å². The van der Waals surface area contributed by atoms with Gasteiger partial charge in [0.2, 0.25) is 0 Å². The zero-order chi connectivity index (χ0) is 11.1. The molecule has 0 saturated carbocycles. The van der Waals surface area contributed by atoms with Crippen LogP contribution in [0.5, 0.6) is 0 Å². The first kappa shape index (κ1) is 10.7. The fourth-order valence-corrected chi connectivity index (χ4v) is 2.31. The third-order valence-electron chi connectivity index (χ3n) is 3.08. The van der Waals surface area contributed by atoms with Gasteiger partial charge in [0.05, 0.1) is 6.33 Å². The van der Waals surface area contributed by atoms with Crippen molar-refractivity contribution in [1.29, 1.82) is 0 Å². The first-order valence-corrected chi connectivity index (χ1v) is 5.83. The van der Waals surface area contributed by atoms with Crippen LogP contribution >= 0.6 is 15.9 Å². The minimum Gasteiger partial charge on any atom is -0.354 e. The van der Waals surface area contributed by atoms with Gasteiger partial charge >= 0.3 is 0 Å². The molecular weight excluding hydrogens is 258 g/mol. The minimum absolute atomic E-state index is 0.120. The Morgan fingerprint density at radius 2 is 2.33 bits per heavy atom. The zero-order valence-corrected chi connectivity index (χ0v) is 10.5. The molecule has 82 valence electrons. The Kier molecular flexibility index (Phi) is 2.58. The Bertz CT molecular complexity index is 423. The van der Waals surface area contributed by atoms with Gasteiger partial charge in [-0.1, -0.05) is 13.8 Å². The van der Waals surface area contributed by atoms with Gasteiger partial charge in [-0.2, -0.15) is 0 Å².